The fraction of sp³-hybridized carbons (Fsp3) is 0.143. The summed E-state index contributed by atoms with van der Waals surface area (Å²) in [5, 5.41) is 9.75. The van der Waals surface area contributed by atoms with Crippen LogP contribution in [0.4, 0.5) is 13.2 Å². The summed E-state index contributed by atoms with van der Waals surface area (Å²) in [6.45, 7) is -0.0367. The highest BCUT2D eigenvalue weighted by Crippen LogP contribution is 2.36. The number of hydrogen-bond donors (Lipinski definition) is 1. The molecule has 0 amide bonds. The molecule has 0 aliphatic rings. The summed E-state index contributed by atoms with van der Waals surface area (Å²) in [7, 11) is 0. The van der Waals surface area contributed by atoms with Gasteiger partial charge in [-0.05, 0) is 42.0 Å². The van der Waals surface area contributed by atoms with Crippen molar-refractivity contribution in [1.82, 2.24) is 0 Å². The maximum absolute atomic E-state index is 12.6. The van der Waals surface area contributed by atoms with Gasteiger partial charge in [0.25, 0.3) is 0 Å². The van der Waals surface area contributed by atoms with E-state index in [1.165, 1.54) is 6.07 Å². The summed E-state index contributed by atoms with van der Waals surface area (Å²) in [5.74, 6) is -0.302. The highest BCUT2D eigenvalue weighted by Gasteiger charge is 2.33. The lowest BCUT2D eigenvalue weighted by atomic mass is 10.1. The summed E-state index contributed by atoms with van der Waals surface area (Å²) in [5.41, 5.74) is -0.764. The number of ether oxygens (including phenoxy) is 1. The molecule has 0 aliphatic carbocycles. The predicted octanol–water partition coefficient (Wildman–Crippen LogP) is 4.64. The number of aromatic hydroxyl groups is 1. The van der Waals surface area contributed by atoms with Gasteiger partial charge >= 0.3 is 6.18 Å². The van der Waals surface area contributed by atoms with Crippen molar-refractivity contribution in [2.45, 2.75) is 12.8 Å². The van der Waals surface area contributed by atoms with E-state index in [1.54, 1.807) is 24.3 Å². The topological polar surface area (TPSA) is 29.5 Å². The summed E-state index contributed by atoms with van der Waals surface area (Å²) < 4.78 is 43.2. The first kappa shape index (κ1) is 14.5. The Bertz CT molecular complexity index is 594. The first-order valence-electron chi connectivity index (χ1n) is 5.64. The van der Waals surface area contributed by atoms with Crippen LogP contribution in [-0.4, -0.2) is 5.11 Å². The lowest BCUT2D eigenvalue weighted by Crippen LogP contribution is -2.06. The minimum Gasteiger partial charge on any atom is -0.507 e. The van der Waals surface area contributed by atoms with Crippen LogP contribution in [-0.2, 0) is 12.8 Å². The number of rotatable bonds is 3. The monoisotopic (exact) mass is 302 g/mol. The zero-order valence-corrected chi connectivity index (χ0v) is 10.9. The van der Waals surface area contributed by atoms with E-state index in [2.05, 4.69) is 0 Å². The Morgan fingerprint density at radius 3 is 2.30 bits per heavy atom. The zero-order valence-electron chi connectivity index (χ0n) is 10.1. The molecule has 0 saturated heterocycles. The van der Waals surface area contributed by atoms with Gasteiger partial charge in [0.2, 0.25) is 0 Å². The highest BCUT2D eigenvalue weighted by atomic mass is 35.5. The van der Waals surface area contributed by atoms with Gasteiger partial charge in [-0.2, -0.15) is 13.2 Å². The molecule has 2 nitrogen and oxygen atoms in total. The Balaban J connectivity index is 2.12. The number of phenols is 1. The van der Waals surface area contributed by atoms with Gasteiger partial charge in [-0.3, -0.25) is 0 Å². The van der Waals surface area contributed by atoms with Crippen molar-refractivity contribution in [3.8, 4) is 11.5 Å². The second kappa shape index (κ2) is 5.63. The van der Waals surface area contributed by atoms with Crippen LogP contribution >= 0.6 is 11.6 Å². The second-order valence-corrected chi connectivity index (χ2v) is 4.53. The van der Waals surface area contributed by atoms with Crippen LogP contribution in [0.1, 0.15) is 11.1 Å². The summed E-state index contributed by atoms with van der Waals surface area (Å²) >= 11 is 5.71. The largest absolute Gasteiger partial charge is 0.507 e. The molecule has 0 fully saturated rings. The fourth-order valence-electron chi connectivity index (χ4n) is 1.60. The van der Waals surface area contributed by atoms with Gasteiger partial charge in [0, 0.05) is 5.02 Å². The molecule has 0 heterocycles. The molecular formula is C14H10ClF3O2. The third-order valence-corrected chi connectivity index (χ3v) is 2.84. The normalized spacial score (nSPS) is 11.4. The molecule has 0 spiro atoms. The van der Waals surface area contributed by atoms with Crippen molar-refractivity contribution < 1.29 is 23.0 Å². The van der Waals surface area contributed by atoms with Crippen molar-refractivity contribution in [2.24, 2.45) is 0 Å². The number of alkyl halides is 3. The third-order valence-electron chi connectivity index (χ3n) is 2.59. The molecule has 0 unspecified atom stereocenters. The van der Waals surface area contributed by atoms with Crippen molar-refractivity contribution in [3.05, 3.63) is 58.6 Å². The lowest BCUT2D eigenvalue weighted by molar-refractivity contribution is -0.138. The summed E-state index contributed by atoms with van der Waals surface area (Å²) in [6, 6.07) is 9.72. The molecule has 0 radical (unpaired) electrons. The van der Waals surface area contributed by atoms with E-state index in [-0.39, 0.29) is 6.61 Å². The molecule has 2 rings (SSSR count). The van der Waals surface area contributed by atoms with Gasteiger partial charge in [-0.1, -0.05) is 17.7 Å². The van der Waals surface area contributed by atoms with Gasteiger partial charge in [0.15, 0.2) is 0 Å². The molecule has 0 bridgehead atoms. The minimum atomic E-state index is -4.60. The zero-order chi connectivity index (χ0) is 14.8. The summed E-state index contributed by atoms with van der Waals surface area (Å²) in [4.78, 5) is 0. The molecule has 2 aromatic rings. The standard InChI is InChI=1S/C14H10ClF3O2/c15-10-2-4-11(5-3-10)20-8-9-1-6-13(19)12(7-9)14(16,17)18/h1-7,19H,8H2. The van der Waals surface area contributed by atoms with Crippen molar-refractivity contribution in [1.29, 1.82) is 0 Å². The molecule has 2 aromatic carbocycles. The summed E-state index contributed by atoms with van der Waals surface area (Å²) in [6.07, 6.45) is -4.60. The maximum atomic E-state index is 12.6. The van der Waals surface area contributed by atoms with E-state index < -0.39 is 17.5 Å². The van der Waals surface area contributed by atoms with Crippen molar-refractivity contribution in [2.75, 3.05) is 0 Å². The molecule has 1 N–H and O–H groups in total. The van der Waals surface area contributed by atoms with Gasteiger partial charge in [-0.25, -0.2) is 0 Å². The van der Waals surface area contributed by atoms with Gasteiger partial charge < -0.3 is 9.84 Å². The van der Waals surface area contributed by atoms with E-state index >= 15 is 0 Å². The SMILES string of the molecule is Oc1ccc(COc2ccc(Cl)cc2)cc1C(F)(F)F. The van der Waals surface area contributed by atoms with Crippen LogP contribution in [0.3, 0.4) is 0 Å². The van der Waals surface area contributed by atoms with Gasteiger partial charge in [-0.15, -0.1) is 0 Å². The van der Waals surface area contributed by atoms with E-state index in [1.807, 2.05) is 0 Å². The van der Waals surface area contributed by atoms with E-state index in [9.17, 15) is 18.3 Å². The Morgan fingerprint density at radius 2 is 1.70 bits per heavy atom. The molecule has 0 aromatic heterocycles. The molecule has 0 atom stereocenters. The predicted molar refractivity (Wildman–Crippen MR) is 68.9 cm³/mol. The second-order valence-electron chi connectivity index (χ2n) is 4.09. The van der Waals surface area contributed by atoms with Crippen LogP contribution in [0.5, 0.6) is 11.5 Å². The Kier molecular flexibility index (Phi) is 4.09. The Hall–Kier alpha value is -1.88. The van der Waals surface area contributed by atoms with Crippen molar-refractivity contribution >= 4 is 11.6 Å². The van der Waals surface area contributed by atoms with Crippen LogP contribution < -0.4 is 4.74 Å². The number of phenolic OH excluding ortho intramolecular Hbond substituents is 1. The van der Waals surface area contributed by atoms with Crippen LogP contribution in [0.15, 0.2) is 42.5 Å². The van der Waals surface area contributed by atoms with E-state index in [4.69, 9.17) is 16.3 Å². The molecular weight excluding hydrogens is 293 g/mol. The van der Waals surface area contributed by atoms with Crippen LogP contribution in [0.2, 0.25) is 5.02 Å². The van der Waals surface area contributed by atoms with Crippen LogP contribution in [0.25, 0.3) is 0 Å². The number of benzene rings is 2. The quantitative estimate of drug-likeness (QED) is 0.894. The Labute approximate surface area is 118 Å². The Morgan fingerprint density at radius 1 is 1.05 bits per heavy atom. The minimum absolute atomic E-state index is 0.0367. The highest BCUT2D eigenvalue weighted by molar-refractivity contribution is 6.30. The molecule has 6 heteroatoms. The lowest BCUT2D eigenvalue weighted by Gasteiger charge is -2.11. The van der Waals surface area contributed by atoms with Gasteiger partial charge in [0.1, 0.15) is 18.1 Å². The molecule has 106 valence electrons. The molecule has 20 heavy (non-hydrogen) atoms. The van der Waals surface area contributed by atoms with E-state index in [0.717, 1.165) is 12.1 Å². The smallest absolute Gasteiger partial charge is 0.419 e. The third kappa shape index (κ3) is 3.57. The van der Waals surface area contributed by atoms with Crippen LogP contribution in [0, 0.1) is 0 Å². The molecule has 0 aliphatic heterocycles. The van der Waals surface area contributed by atoms with E-state index in [0.29, 0.717) is 16.3 Å². The molecule has 0 saturated carbocycles. The van der Waals surface area contributed by atoms with Gasteiger partial charge in [0.05, 0.1) is 5.56 Å². The first-order valence-corrected chi connectivity index (χ1v) is 6.01. The van der Waals surface area contributed by atoms with Crippen molar-refractivity contribution in [3.63, 3.8) is 0 Å². The average Bonchev–Trinajstić information content (AvgIpc) is 2.38. The first-order chi connectivity index (χ1) is 9.36. The fourth-order valence-corrected chi connectivity index (χ4v) is 1.72. The number of halogens is 4. The maximum Gasteiger partial charge on any atom is 0.419 e. The average molecular weight is 303 g/mol. The number of hydrogen-bond acceptors (Lipinski definition) is 2.